The Bertz CT molecular complexity index is 949. The van der Waals surface area contributed by atoms with Gasteiger partial charge in [0.15, 0.2) is 5.82 Å². The standard InChI is InChI=1S/C18H18FN3O2S/c1-10-15-13(19)6-3-7-14(15)25-16(10)18-20-17(21-24-18)12-5-4-8-22(9-12)11(2)23/h3,6-7,12H,4-5,8-9H2,1-2H3/t12-/m0/s1. The summed E-state index contributed by atoms with van der Waals surface area (Å²) in [6, 6.07) is 5.06. The molecule has 1 saturated heterocycles. The van der Waals surface area contributed by atoms with Crippen molar-refractivity contribution < 1.29 is 13.7 Å². The smallest absolute Gasteiger partial charge is 0.268 e. The van der Waals surface area contributed by atoms with E-state index in [1.807, 2.05) is 17.9 Å². The molecule has 0 bridgehead atoms. The molecule has 0 radical (unpaired) electrons. The van der Waals surface area contributed by atoms with E-state index in [0.29, 0.717) is 23.6 Å². The number of piperidine rings is 1. The lowest BCUT2D eigenvalue weighted by Gasteiger charge is -2.30. The van der Waals surface area contributed by atoms with Crippen LogP contribution in [0.3, 0.4) is 0 Å². The number of benzene rings is 1. The van der Waals surface area contributed by atoms with E-state index in [9.17, 15) is 9.18 Å². The molecule has 0 aliphatic carbocycles. The summed E-state index contributed by atoms with van der Waals surface area (Å²) in [5, 5.41) is 4.75. The zero-order valence-corrected chi connectivity index (χ0v) is 14.9. The van der Waals surface area contributed by atoms with Crippen molar-refractivity contribution in [3.63, 3.8) is 0 Å². The first-order valence-corrected chi connectivity index (χ1v) is 9.13. The molecule has 7 heteroatoms. The lowest BCUT2D eigenvalue weighted by atomic mass is 9.97. The number of likely N-dealkylation sites (tertiary alicyclic amines) is 1. The Morgan fingerprint density at radius 1 is 1.44 bits per heavy atom. The number of aromatic nitrogens is 2. The summed E-state index contributed by atoms with van der Waals surface area (Å²) >= 11 is 1.46. The second-order valence-corrected chi connectivity index (χ2v) is 7.48. The summed E-state index contributed by atoms with van der Waals surface area (Å²) in [5.74, 6) is 0.971. The van der Waals surface area contributed by atoms with Crippen molar-refractivity contribution in [3.8, 4) is 10.8 Å². The number of nitrogens with zero attached hydrogens (tertiary/aromatic N) is 3. The van der Waals surface area contributed by atoms with Gasteiger partial charge in [0.1, 0.15) is 5.82 Å². The molecule has 0 N–H and O–H groups in total. The average Bonchev–Trinajstić information content (AvgIpc) is 3.21. The van der Waals surface area contributed by atoms with E-state index in [1.165, 1.54) is 17.4 Å². The second kappa shape index (κ2) is 6.22. The number of carbonyl (C=O) groups excluding carboxylic acids is 1. The Hall–Kier alpha value is -2.28. The fourth-order valence-corrected chi connectivity index (χ4v) is 4.57. The minimum absolute atomic E-state index is 0.0734. The number of amides is 1. The molecule has 1 aliphatic heterocycles. The van der Waals surface area contributed by atoms with Gasteiger partial charge in [-0.2, -0.15) is 4.98 Å². The maximum Gasteiger partial charge on any atom is 0.268 e. The van der Waals surface area contributed by atoms with Crippen LogP contribution in [0.5, 0.6) is 0 Å². The van der Waals surface area contributed by atoms with Crippen molar-refractivity contribution in [2.75, 3.05) is 13.1 Å². The van der Waals surface area contributed by atoms with Gasteiger partial charge < -0.3 is 9.42 Å². The molecule has 130 valence electrons. The number of fused-ring (bicyclic) bond motifs is 1. The molecule has 0 saturated carbocycles. The number of carbonyl (C=O) groups is 1. The van der Waals surface area contributed by atoms with Gasteiger partial charge in [-0.1, -0.05) is 11.2 Å². The highest BCUT2D eigenvalue weighted by Crippen LogP contribution is 2.39. The molecular formula is C18H18FN3O2S. The Labute approximate surface area is 148 Å². The summed E-state index contributed by atoms with van der Waals surface area (Å²) in [6.07, 6.45) is 1.87. The van der Waals surface area contributed by atoms with Crippen molar-refractivity contribution in [2.24, 2.45) is 0 Å². The van der Waals surface area contributed by atoms with Crippen molar-refractivity contribution in [3.05, 3.63) is 35.4 Å². The number of halogens is 1. The van der Waals surface area contributed by atoms with E-state index < -0.39 is 0 Å². The Morgan fingerprint density at radius 2 is 2.28 bits per heavy atom. The van der Waals surface area contributed by atoms with Gasteiger partial charge >= 0.3 is 0 Å². The third kappa shape index (κ3) is 2.82. The first-order chi connectivity index (χ1) is 12.0. The molecule has 0 spiro atoms. The van der Waals surface area contributed by atoms with Crippen LogP contribution in [0.1, 0.15) is 37.1 Å². The Morgan fingerprint density at radius 3 is 3.04 bits per heavy atom. The summed E-state index contributed by atoms with van der Waals surface area (Å²) in [5.41, 5.74) is 0.822. The summed E-state index contributed by atoms with van der Waals surface area (Å²) in [7, 11) is 0. The molecule has 1 aliphatic rings. The number of hydrogen-bond acceptors (Lipinski definition) is 5. The van der Waals surface area contributed by atoms with E-state index in [1.54, 1.807) is 13.0 Å². The predicted molar refractivity (Wildman–Crippen MR) is 94.0 cm³/mol. The van der Waals surface area contributed by atoms with Gasteiger partial charge in [0.25, 0.3) is 5.89 Å². The number of thiophene rings is 1. The van der Waals surface area contributed by atoms with Gasteiger partial charge in [-0.05, 0) is 37.5 Å². The lowest BCUT2D eigenvalue weighted by molar-refractivity contribution is -0.130. The van der Waals surface area contributed by atoms with Crippen LogP contribution in [-0.2, 0) is 4.79 Å². The lowest BCUT2D eigenvalue weighted by Crippen LogP contribution is -2.37. The van der Waals surface area contributed by atoms with Crippen LogP contribution in [0.25, 0.3) is 20.9 Å². The van der Waals surface area contributed by atoms with Crippen LogP contribution >= 0.6 is 11.3 Å². The molecule has 25 heavy (non-hydrogen) atoms. The first kappa shape index (κ1) is 16.2. The largest absolute Gasteiger partial charge is 0.342 e. The van der Waals surface area contributed by atoms with Gasteiger partial charge in [-0.15, -0.1) is 11.3 Å². The van der Waals surface area contributed by atoms with Crippen LogP contribution < -0.4 is 0 Å². The van der Waals surface area contributed by atoms with Gasteiger partial charge in [0, 0.05) is 36.0 Å². The number of hydrogen-bond donors (Lipinski definition) is 0. The summed E-state index contributed by atoms with van der Waals surface area (Å²) < 4.78 is 20.4. The maximum atomic E-state index is 14.1. The van der Waals surface area contributed by atoms with Gasteiger partial charge in [-0.3, -0.25) is 4.79 Å². The zero-order chi connectivity index (χ0) is 17.6. The molecule has 1 atom stereocenters. The molecule has 1 amide bonds. The van der Waals surface area contributed by atoms with Crippen molar-refractivity contribution >= 4 is 27.3 Å². The SMILES string of the molecule is CC(=O)N1CCC[C@H](c2noc(-c3sc4cccc(F)c4c3C)n2)C1. The maximum absolute atomic E-state index is 14.1. The Kier molecular flexibility index (Phi) is 4.03. The minimum Gasteiger partial charge on any atom is -0.342 e. The average molecular weight is 359 g/mol. The van der Waals surface area contributed by atoms with E-state index >= 15 is 0 Å². The topological polar surface area (TPSA) is 59.2 Å². The van der Waals surface area contributed by atoms with E-state index in [0.717, 1.165) is 34.5 Å². The predicted octanol–water partition coefficient (Wildman–Crippen LogP) is 4.12. The fourth-order valence-electron chi connectivity index (χ4n) is 3.42. The van der Waals surface area contributed by atoms with E-state index in [4.69, 9.17) is 4.52 Å². The van der Waals surface area contributed by atoms with Crippen LogP contribution in [0.15, 0.2) is 22.7 Å². The van der Waals surface area contributed by atoms with Crippen LogP contribution in [0.4, 0.5) is 4.39 Å². The summed E-state index contributed by atoms with van der Waals surface area (Å²) in [6.45, 7) is 4.86. The van der Waals surface area contributed by atoms with Crippen molar-refractivity contribution in [1.29, 1.82) is 0 Å². The van der Waals surface area contributed by atoms with E-state index in [-0.39, 0.29) is 17.6 Å². The molecule has 0 unspecified atom stereocenters. The highest BCUT2D eigenvalue weighted by atomic mass is 32.1. The quantitative estimate of drug-likeness (QED) is 0.690. The zero-order valence-electron chi connectivity index (χ0n) is 14.1. The summed E-state index contributed by atoms with van der Waals surface area (Å²) in [4.78, 5) is 18.8. The fraction of sp³-hybridized carbons (Fsp3) is 0.389. The third-order valence-electron chi connectivity index (χ3n) is 4.77. The highest BCUT2D eigenvalue weighted by Gasteiger charge is 2.27. The van der Waals surface area contributed by atoms with Gasteiger partial charge in [0.05, 0.1) is 4.88 Å². The molecule has 1 aromatic carbocycles. The van der Waals surface area contributed by atoms with Crippen LogP contribution in [0, 0.1) is 12.7 Å². The van der Waals surface area contributed by atoms with Crippen LogP contribution in [-0.4, -0.2) is 34.0 Å². The number of rotatable bonds is 2. The second-order valence-electron chi connectivity index (χ2n) is 6.43. The first-order valence-electron chi connectivity index (χ1n) is 8.31. The van der Waals surface area contributed by atoms with Gasteiger partial charge in [-0.25, -0.2) is 4.39 Å². The molecule has 3 heterocycles. The monoisotopic (exact) mass is 359 g/mol. The molecule has 3 aromatic rings. The minimum atomic E-state index is -0.235. The molecule has 4 rings (SSSR count). The normalized spacial score (nSPS) is 18.0. The molecule has 5 nitrogen and oxygen atoms in total. The Balaban J connectivity index is 1.67. The van der Waals surface area contributed by atoms with Gasteiger partial charge in [0.2, 0.25) is 5.91 Å². The van der Waals surface area contributed by atoms with Crippen molar-refractivity contribution in [2.45, 2.75) is 32.6 Å². The molecule has 2 aromatic heterocycles. The van der Waals surface area contributed by atoms with Crippen molar-refractivity contribution in [1.82, 2.24) is 15.0 Å². The number of aryl methyl sites for hydroxylation is 1. The molecule has 1 fully saturated rings. The highest BCUT2D eigenvalue weighted by molar-refractivity contribution is 7.22. The molecular weight excluding hydrogens is 341 g/mol. The third-order valence-corrected chi connectivity index (χ3v) is 6.02. The van der Waals surface area contributed by atoms with E-state index in [2.05, 4.69) is 10.1 Å². The van der Waals surface area contributed by atoms with Crippen LogP contribution in [0.2, 0.25) is 0 Å².